The highest BCUT2D eigenvalue weighted by Crippen LogP contribution is 2.15. The molecule has 3 N–H and O–H groups in total. The van der Waals surface area contributed by atoms with E-state index in [-0.39, 0.29) is 23.5 Å². The van der Waals surface area contributed by atoms with E-state index in [0.717, 1.165) is 11.3 Å². The number of hydrogen-bond donors (Lipinski definition) is 3. The fourth-order valence-corrected chi connectivity index (χ4v) is 4.76. The fraction of sp³-hybridized carbons (Fsp3) is 0.263. The van der Waals surface area contributed by atoms with Crippen molar-refractivity contribution < 1.29 is 13.2 Å². The van der Waals surface area contributed by atoms with Crippen molar-refractivity contribution in [1.82, 2.24) is 5.32 Å². The van der Waals surface area contributed by atoms with Crippen LogP contribution >= 0.6 is 12.2 Å². The number of anilines is 2. The summed E-state index contributed by atoms with van der Waals surface area (Å²) in [4.78, 5) is 12.4. The van der Waals surface area contributed by atoms with Crippen LogP contribution in [0.4, 0.5) is 11.4 Å². The number of nitrogens with one attached hydrogen (secondary N) is 3. The molecule has 0 aromatic heterocycles. The first-order chi connectivity index (χ1) is 12.8. The molecule has 0 radical (unpaired) electrons. The van der Waals surface area contributed by atoms with Crippen molar-refractivity contribution in [3.8, 4) is 0 Å². The minimum Gasteiger partial charge on any atom is -0.348 e. The molecule has 0 spiro atoms. The summed E-state index contributed by atoms with van der Waals surface area (Å²) in [6.45, 7) is 2.01. The summed E-state index contributed by atoms with van der Waals surface area (Å²) in [5.74, 6) is -0.169. The van der Waals surface area contributed by atoms with Gasteiger partial charge in [0.05, 0.1) is 11.5 Å². The van der Waals surface area contributed by atoms with Crippen molar-refractivity contribution in [2.75, 3.05) is 22.1 Å². The van der Waals surface area contributed by atoms with Crippen molar-refractivity contribution in [2.24, 2.45) is 0 Å². The number of benzene rings is 2. The van der Waals surface area contributed by atoms with Crippen LogP contribution in [-0.4, -0.2) is 37.0 Å². The number of thiocarbonyl (C=S) groups is 1. The molecule has 1 fully saturated rings. The molecule has 0 saturated carbocycles. The number of sulfone groups is 1. The molecular weight excluding hydrogens is 382 g/mol. The molecular formula is C19H21N3O3S2. The van der Waals surface area contributed by atoms with Gasteiger partial charge >= 0.3 is 0 Å². The third-order valence-electron chi connectivity index (χ3n) is 4.26. The van der Waals surface area contributed by atoms with Gasteiger partial charge in [0.2, 0.25) is 0 Å². The minimum atomic E-state index is -3.03. The lowest BCUT2D eigenvalue weighted by Crippen LogP contribution is -2.35. The van der Waals surface area contributed by atoms with Gasteiger partial charge in [-0.15, -0.1) is 0 Å². The lowest BCUT2D eigenvalue weighted by Gasteiger charge is -2.13. The number of amides is 1. The molecule has 1 atom stereocenters. The highest BCUT2D eigenvalue weighted by molar-refractivity contribution is 7.91. The number of carbonyl (C=O) groups is 1. The van der Waals surface area contributed by atoms with E-state index in [2.05, 4.69) is 16.0 Å². The Morgan fingerprint density at radius 3 is 2.44 bits per heavy atom. The van der Waals surface area contributed by atoms with Crippen LogP contribution in [0.3, 0.4) is 0 Å². The summed E-state index contributed by atoms with van der Waals surface area (Å²) in [6.07, 6.45) is 0.455. The molecule has 3 rings (SSSR count). The predicted molar refractivity (Wildman–Crippen MR) is 112 cm³/mol. The molecule has 0 aliphatic carbocycles. The van der Waals surface area contributed by atoms with Crippen molar-refractivity contribution in [2.45, 2.75) is 19.4 Å². The summed E-state index contributed by atoms with van der Waals surface area (Å²) >= 11 is 5.31. The van der Waals surface area contributed by atoms with E-state index >= 15 is 0 Å². The molecule has 6 nitrogen and oxygen atoms in total. The van der Waals surface area contributed by atoms with Gasteiger partial charge in [-0.3, -0.25) is 4.79 Å². The summed E-state index contributed by atoms with van der Waals surface area (Å²) in [5, 5.41) is 9.34. The zero-order chi connectivity index (χ0) is 19.4. The van der Waals surface area contributed by atoms with Crippen LogP contribution < -0.4 is 16.0 Å². The Morgan fingerprint density at radius 2 is 1.78 bits per heavy atom. The number of carbonyl (C=O) groups excluding carboxylic acids is 1. The Morgan fingerprint density at radius 1 is 1.07 bits per heavy atom. The maximum atomic E-state index is 12.4. The van der Waals surface area contributed by atoms with Gasteiger partial charge < -0.3 is 16.0 Å². The molecule has 0 bridgehead atoms. The number of rotatable bonds is 4. The topological polar surface area (TPSA) is 87.3 Å². The smallest absolute Gasteiger partial charge is 0.251 e. The SMILES string of the molecule is Cc1ccc(NC(=S)Nc2cccc(C(=O)N[C@@H]3CCS(=O)(=O)C3)c2)cc1. The molecule has 142 valence electrons. The van der Waals surface area contributed by atoms with Crippen molar-refractivity contribution in [3.63, 3.8) is 0 Å². The number of aryl methyl sites for hydroxylation is 1. The van der Waals surface area contributed by atoms with Crippen molar-refractivity contribution >= 4 is 44.4 Å². The van der Waals surface area contributed by atoms with Gasteiger partial charge in [-0.25, -0.2) is 8.42 Å². The zero-order valence-electron chi connectivity index (χ0n) is 14.9. The Hall–Kier alpha value is -2.45. The van der Waals surface area contributed by atoms with E-state index in [1.165, 1.54) is 0 Å². The van der Waals surface area contributed by atoms with E-state index in [4.69, 9.17) is 12.2 Å². The van der Waals surface area contributed by atoms with Gasteiger partial charge in [0, 0.05) is 23.0 Å². The molecule has 1 amide bonds. The maximum absolute atomic E-state index is 12.4. The Kier molecular flexibility index (Phi) is 5.76. The van der Waals surface area contributed by atoms with Crippen LogP contribution in [0.25, 0.3) is 0 Å². The molecule has 2 aromatic rings. The van der Waals surface area contributed by atoms with Crippen LogP contribution in [0.15, 0.2) is 48.5 Å². The Balaban J connectivity index is 1.60. The second kappa shape index (κ2) is 8.06. The van der Waals surface area contributed by atoms with Gasteiger partial charge in [0.25, 0.3) is 5.91 Å². The molecule has 2 aromatic carbocycles. The zero-order valence-corrected chi connectivity index (χ0v) is 16.5. The number of hydrogen-bond acceptors (Lipinski definition) is 4. The standard InChI is InChI=1S/C19H21N3O3S2/c1-13-5-7-15(8-6-13)21-19(26)22-16-4-2-3-14(11-16)18(23)20-17-9-10-27(24,25)12-17/h2-8,11,17H,9-10,12H2,1H3,(H,20,23)(H2,21,22,26)/t17-/m1/s1. The molecule has 1 saturated heterocycles. The minimum absolute atomic E-state index is 0.00123. The molecule has 27 heavy (non-hydrogen) atoms. The quantitative estimate of drug-likeness (QED) is 0.681. The van der Waals surface area contributed by atoms with Crippen LogP contribution in [0.1, 0.15) is 22.3 Å². The van der Waals surface area contributed by atoms with Gasteiger partial charge in [0.15, 0.2) is 14.9 Å². The van der Waals surface area contributed by atoms with Crippen molar-refractivity contribution in [1.29, 1.82) is 0 Å². The summed E-state index contributed by atoms with van der Waals surface area (Å²) in [7, 11) is -3.03. The van der Waals surface area contributed by atoms with Gasteiger partial charge in [-0.1, -0.05) is 23.8 Å². The lowest BCUT2D eigenvalue weighted by atomic mass is 10.1. The fourth-order valence-electron chi connectivity index (χ4n) is 2.85. The summed E-state index contributed by atoms with van der Waals surface area (Å²) in [6, 6.07) is 14.4. The first kappa shape index (κ1) is 19.3. The second-order valence-electron chi connectivity index (χ2n) is 6.60. The first-order valence-corrected chi connectivity index (χ1v) is 10.8. The summed E-state index contributed by atoms with van der Waals surface area (Å²) in [5.41, 5.74) is 3.15. The van der Waals surface area contributed by atoms with Gasteiger partial charge in [-0.05, 0) is 55.9 Å². The highest BCUT2D eigenvalue weighted by Gasteiger charge is 2.29. The molecule has 1 heterocycles. The van der Waals surface area contributed by atoms with Gasteiger partial charge in [-0.2, -0.15) is 0 Å². The second-order valence-corrected chi connectivity index (χ2v) is 9.24. The Labute approximate surface area is 164 Å². The average molecular weight is 404 g/mol. The van der Waals surface area contributed by atoms with Crippen LogP contribution in [0.5, 0.6) is 0 Å². The average Bonchev–Trinajstić information content (AvgIpc) is 2.95. The van der Waals surface area contributed by atoms with Crippen LogP contribution in [-0.2, 0) is 9.84 Å². The monoisotopic (exact) mass is 403 g/mol. The Bertz CT molecular complexity index is 956. The molecule has 0 unspecified atom stereocenters. The van der Waals surface area contributed by atoms with Crippen LogP contribution in [0, 0.1) is 6.92 Å². The third kappa shape index (κ3) is 5.51. The van der Waals surface area contributed by atoms with Gasteiger partial charge in [0.1, 0.15) is 0 Å². The van der Waals surface area contributed by atoms with Crippen molar-refractivity contribution in [3.05, 3.63) is 59.7 Å². The molecule has 1 aliphatic heterocycles. The normalized spacial score (nSPS) is 17.9. The summed E-state index contributed by atoms with van der Waals surface area (Å²) < 4.78 is 23.0. The third-order valence-corrected chi connectivity index (χ3v) is 6.23. The molecule has 8 heteroatoms. The maximum Gasteiger partial charge on any atom is 0.251 e. The van der Waals surface area contributed by atoms with E-state index in [1.807, 2.05) is 31.2 Å². The van der Waals surface area contributed by atoms with E-state index < -0.39 is 9.84 Å². The van der Waals surface area contributed by atoms with E-state index in [1.54, 1.807) is 24.3 Å². The largest absolute Gasteiger partial charge is 0.348 e. The predicted octanol–water partition coefficient (Wildman–Crippen LogP) is 2.72. The highest BCUT2D eigenvalue weighted by atomic mass is 32.2. The molecule has 1 aliphatic rings. The first-order valence-electron chi connectivity index (χ1n) is 8.57. The van der Waals surface area contributed by atoms with E-state index in [9.17, 15) is 13.2 Å². The van der Waals surface area contributed by atoms with Crippen LogP contribution in [0.2, 0.25) is 0 Å². The lowest BCUT2D eigenvalue weighted by molar-refractivity contribution is 0.0941. The van der Waals surface area contributed by atoms with E-state index in [0.29, 0.717) is 22.8 Å².